The minimum atomic E-state index is -0.306. The topological polar surface area (TPSA) is 55.4 Å². The van der Waals surface area contributed by atoms with Crippen LogP contribution in [0.25, 0.3) is 0 Å². The molecule has 0 aliphatic heterocycles. The molecule has 1 aliphatic rings. The second-order valence-electron chi connectivity index (χ2n) is 6.24. The highest BCUT2D eigenvalue weighted by molar-refractivity contribution is 7.17. The molecule has 1 aliphatic carbocycles. The lowest BCUT2D eigenvalue weighted by atomic mass is 9.85. The normalized spacial score (nSPS) is 18.2. The molecule has 1 aromatic rings. The van der Waals surface area contributed by atoms with E-state index in [2.05, 4.69) is 12.2 Å². The van der Waals surface area contributed by atoms with E-state index in [-0.39, 0.29) is 17.8 Å². The van der Waals surface area contributed by atoms with Crippen LogP contribution in [-0.2, 0) is 22.4 Å². The van der Waals surface area contributed by atoms with Crippen molar-refractivity contribution in [1.29, 1.82) is 0 Å². The van der Waals surface area contributed by atoms with Gasteiger partial charge in [-0.3, -0.25) is 4.79 Å². The van der Waals surface area contributed by atoms with Gasteiger partial charge in [0.05, 0.1) is 12.2 Å². The summed E-state index contributed by atoms with van der Waals surface area (Å²) in [5, 5.41) is 3.65. The van der Waals surface area contributed by atoms with Gasteiger partial charge in [-0.25, -0.2) is 4.79 Å². The van der Waals surface area contributed by atoms with Crippen LogP contribution < -0.4 is 5.32 Å². The standard InChI is InChI=1S/C18H27NO3S/c1-5-11(4)16(20)19-17-15(18(21)22-7-3)13-9-8-12(6-2)10-14(13)23-17/h11-12H,5-10H2,1-4H3,(H,19,20). The molecule has 1 heterocycles. The van der Waals surface area contributed by atoms with Gasteiger partial charge in [-0.1, -0.05) is 27.2 Å². The van der Waals surface area contributed by atoms with Crippen molar-refractivity contribution in [3.63, 3.8) is 0 Å². The summed E-state index contributed by atoms with van der Waals surface area (Å²) in [5.74, 6) is 0.282. The molecule has 2 atom stereocenters. The van der Waals surface area contributed by atoms with Crippen LogP contribution in [0.4, 0.5) is 5.00 Å². The Bertz CT molecular complexity index is 579. The molecule has 2 unspecified atom stereocenters. The fourth-order valence-electron chi connectivity index (χ4n) is 2.93. The van der Waals surface area contributed by atoms with Crippen LogP contribution in [0.15, 0.2) is 0 Å². The van der Waals surface area contributed by atoms with E-state index in [4.69, 9.17) is 4.74 Å². The highest BCUT2D eigenvalue weighted by Gasteiger charge is 2.30. The monoisotopic (exact) mass is 337 g/mol. The molecule has 1 aromatic heterocycles. The lowest BCUT2D eigenvalue weighted by Gasteiger charge is -2.21. The lowest BCUT2D eigenvalue weighted by molar-refractivity contribution is -0.119. The van der Waals surface area contributed by atoms with Crippen molar-refractivity contribution >= 4 is 28.2 Å². The van der Waals surface area contributed by atoms with Gasteiger partial charge in [-0.05, 0) is 44.1 Å². The van der Waals surface area contributed by atoms with E-state index < -0.39 is 0 Å². The molecule has 0 radical (unpaired) electrons. The third-order valence-electron chi connectivity index (χ3n) is 4.72. The smallest absolute Gasteiger partial charge is 0.341 e. The first kappa shape index (κ1) is 18.0. The Balaban J connectivity index is 2.34. The molecule has 23 heavy (non-hydrogen) atoms. The first-order valence-electron chi connectivity index (χ1n) is 8.64. The second kappa shape index (κ2) is 7.95. The Morgan fingerprint density at radius 3 is 2.70 bits per heavy atom. The number of carbonyl (C=O) groups excluding carboxylic acids is 2. The van der Waals surface area contributed by atoms with Crippen LogP contribution in [0.2, 0.25) is 0 Å². The summed E-state index contributed by atoms with van der Waals surface area (Å²) in [6.07, 6.45) is 4.94. The molecular weight excluding hydrogens is 310 g/mol. The van der Waals surface area contributed by atoms with E-state index in [1.165, 1.54) is 4.88 Å². The van der Waals surface area contributed by atoms with E-state index >= 15 is 0 Å². The predicted molar refractivity (Wildman–Crippen MR) is 94.2 cm³/mol. The number of carbonyl (C=O) groups is 2. The van der Waals surface area contributed by atoms with Gasteiger partial charge in [0.2, 0.25) is 5.91 Å². The summed E-state index contributed by atoms with van der Waals surface area (Å²) in [6.45, 7) is 8.25. The maximum absolute atomic E-state index is 12.4. The van der Waals surface area contributed by atoms with Gasteiger partial charge >= 0.3 is 5.97 Å². The Morgan fingerprint density at radius 2 is 2.09 bits per heavy atom. The van der Waals surface area contributed by atoms with Gasteiger partial charge in [0.1, 0.15) is 5.00 Å². The number of rotatable bonds is 6. The molecule has 0 fully saturated rings. The highest BCUT2D eigenvalue weighted by atomic mass is 32.1. The largest absolute Gasteiger partial charge is 0.462 e. The molecule has 4 nitrogen and oxygen atoms in total. The Morgan fingerprint density at radius 1 is 1.35 bits per heavy atom. The number of fused-ring (bicyclic) bond motifs is 1. The first-order valence-corrected chi connectivity index (χ1v) is 9.45. The molecular formula is C18H27NO3S. The number of anilines is 1. The average molecular weight is 337 g/mol. The van der Waals surface area contributed by atoms with Crippen LogP contribution in [0.5, 0.6) is 0 Å². The third kappa shape index (κ3) is 3.94. The number of amides is 1. The maximum atomic E-state index is 12.4. The van der Waals surface area contributed by atoms with Crippen molar-refractivity contribution in [2.45, 2.75) is 59.8 Å². The number of esters is 1. The molecule has 0 saturated heterocycles. The van der Waals surface area contributed by atoms with Crippen LogP contribution in [-0.4, -0.2) is 18.5 Å². The Kier molecular flexibility index (Phi) is 6.22. The van der Waals surface area contributed by atoms with Gasteiger partial charge in [0.15, 0.2) is 0 Å². The zero-order valence-corrected chi connectivity index (χ0v) is 15.3. The number of thiophene rings is 1. The molecule has 2 rings (SSSR count). The Labute approximate surface area is 142 Å². The van der Waals surface area contributed by atoms with Gasteiger partial charge in [0, 0.05) is 10.8 Å². The zero-order chi connectivity index (χ0) is 17.0. The van der Waals surface area contributed by atoms with Crippen molar-refractivity contribution in [3.8, 4) is 0 Å². The summed E-state index contributed by atoms with van der Waals surface area (Å²) < 4.78 is 5.23. The quantitative estimate of drug-likeness (QED) is 0.782. The molecule has 0 aromatic carbocycles. The summed E-state index contributed by atoms with van der Waals surface area (Å²) in [7, 11) is 0. The molecule has 0 bridgehead atoms. The molecule has 128 valence electrons. The van der Waals surface area contributed by atoms with Crippen molar-refractivity contribution in [1.82, 2.24) is 0 Å². The van der Waals surface area contributed by atoms with Crippen LogP contribution >= 0.6 is 11.3 Å². The van der Waals surface area contributed by atoms with Crippen LogP contribution in [0, 0.1) is 11.8 Å². The van der Waals surface area contributed by atoms with Crippen molar-refractivity contribution in [2.24, 2.45) is 11.8 Å². The van der Waals surface area contributed by atoms with E-state index in [0.29, 0.717) is 23.1 Å². The molecule has 1 N–H and O–H groups in total. The van der Waals surface area contributed by atoms with E-state index in [0.717, 1.165) is 37.7 Å². The van der Waals surface area contributed by atoms with Crippen LogP contribution in [0.1, 0.15) is 67.8 Å². The fraction of sp³-hybridized carbons (Fsp3) is 0.667. The maximum Gasteiger partial charge on any atom is 0.341 e. The Hall–Kier alpha value is -1.36. The minimum absolute atomic E-state index is 0.0244. The highest BCUT2D eigenvalue weighted by Crippen LogP contribution is 2.41. The summed E-state index contributed by atoms with van der Waals surface area (Å²) >= 11 is 1.56. The van der Waals surface area contributed by atoms with E-state index in [1.54, 1.807) is 18.3 Å². The number of hydrogen-bond acceptors (Lipinski definition) is 4. The molecule has 0 saturated carbocycles. The number of nitrogens with one attached hydrogen (secondary N) is 1. The van der Waals surface area contributed by atoms with Crippen molar-refractivity contribution in [2.75, 3.05) is 11.9 Å². The summed E-state index contributed by atoms with van der Waals surface area (Å²) in [4.78, 5) is 25.9. The van der Waals surface area contributed by atoms with Gasteiger partial charge in [0.25, 0.3) is 0 Å². The van der Waals surface area contributed by atoms with E-state index in [9.17, 15) is 9.59 Å². The van der Waals surface area contributed by atoms with Crippen molar-refractivity contribution < 1.29 is 14.3 Å². The zero-order valence-electron chi connectivity index (χ0n) is 14.5. The lowest BCUT2D eigenvalue weighted by Crippen LogP contribution is -2.21. The minimum Gasteiger partial charge on any atom is -0.462 e. The van der Waals surface area contributed by atoms with Crippen LogP contribution in [0.3, 0.4) is 0 Å². The second-order valence-corrected chi connectivity index (χ2v) is 7.35. The van der Waals surface area contributed by atoms with E-state index in [1.807, 2.05) is 13.8 Å². The SMILES string of the molecule is CCOC(=O)c1c(NC(=O)C(C)CC)sc2c1CCC(CC)C2. The number of hydrogen-bond donors (Lipinski definition) is 1. The number of ether oxygens (including phenoxy) is 1. The molecule has 0 spiro atoms. The third-order valence-corrected chi connectivity index (χ3v) is 5.89. The van der Waals surface area contributed by atoms with Gasteiger partial charge < -0.3 is 10.1 Å². The van der Waals surface area contributed by atoms with Gasteiger partial charge in [-0.15, -0.1) is 11.3 Å². The van der Waals surface area contributed by atoms with Crippen molar-refractivity contribution in [3.05, 3.63) is 16.0 Å². The fourth-order valence-corrected chi connectivity index (χ4v) is 4.28. The molecule has 1 amide bonds. The predicted octanol–water partition coefficient (Wildman–Crippen LogP) is 4.42. The molecule has 5 heteroatoms. The summed E-state index contributed by atoms with van der Waals surface area (Å²) in [5.41, 5.74) is 1.69. The first-order chi connectivity index (χ1) is 11.0. The average Bonchev–Trinajstić information content (AvgIpc) is 2.90. The van der Waals surface area contributed by atoms with Gasteiger partial charge in [-0.2, -0.15) is 0 Å². The summed E-state index contributed by atoms with van der Waals surface area (Å²) in [6, 6.07) is 0.